The summed E-state index contributed by atoms with van der Waals surface area (Å²) in [6.07, 6.45) is 0. The number of Topliss-reactive ketones (excluding diaryl/α,β-unsaturated/α-hetero) is 1. The molecule has 0 bridgehead atoms. The molecule has 3 heterocycles. The first-order valence-electron chi connectivity index (χ1n) is 11.1. The average molecular weight is 501 g/mol. The number of hydrogen-bond acceptors (Lipinski definition) is 8. The topological polar surface area (TPSA) is 122 Å². The number of pyridine rings is 1. The molecule has 0 spiro atoms. The Kier molecular flexibility index (Phi) is 6.22. The number of nitrogens with zero attached hydrogens (tertiary/aromatic N) is 3. The Morgan fingerprint density at radius 3 is 2.56 bits per heavy atom. The first-order chi connectivity index (χ1) is 17.4. The number of oxazole rings is 1. The molecule has 36 heavy (non-hydrogen) atoms. The quantitative estimate of drug-likeness (QED) is 0.326. The number of carbonyl (C=O) groups excluding carboxylic acids is 2. The number of benzene rings is 2. The molecule has 3 N–H and O–H groups in total. The molecule has 0 fully saturated rings. The number of halogens is 1. The minimum Gasteiger partial charge on any atom is -0.423 e. The SMILES string of the molecule is CC(=O)c1cccc(NC(=O)C2=C(C)NC(Nc3nc4ccccc4o3)=NC2c2ccccc2Cl)n1. The van der Waals surface area contributed by atoms with Crippen LogP contribution in [0.15, 0.2) is 87.4 Å². The molecule has 2 aromatic heterocycles. The van der Waals surface area contributed by atoms with Gasteiger partial charge in [0.15, 0.2) is 11.4 Å². The lowest BCUT2D eigenvalue weighted by Gasteiger charge is -2.26. The van der Waals surface area contributed by atoms with Gasteiger partial charge < -0.3 is 15.1 Å². The fraction of sp³-hybridized carbons (Fsp3) is 0.115. The number of carbonyl (C=O) groups is 2. The van der Waals surface area contributed by atoms with Crippen LogP contribution in [0.2, 0.25) is 5.02 Å². The van der Waals surface area contributed by atoms with Gasteiger partial charge in [-0.05, 0) is 37.3 Å². The van der Waals surface area contributed by atoms with Crippen molar-refractivity contribution >= 4 is 52.2 Å². The summed E-state index contributed by atoms with van der Waals surface area (Å²) in [4.78, 5) is 38.5. The van der Waals surface area contributed by atoms with Gasteiger partial charge in [-0.15, -0.1) is 0 Å². The zero-order valence-electron chi connectivity index (χ0n) is 19.4. The number of rotatable bonds is 5. The molecule has 0 radical (unpaired) electrons. The van der Waals surface area contributed by atoms with Crippen LogP contribution in [0.5, 0.6) is 0 Å². The second kappa shape index (κ2) is 9.63. The number of hydrogen-bond donors (Lipinski definition) is 3. The van der Waals surface area contributed by atoms with Crippen LogP contribution in [0.1, 0.15) is 35.9 Å². The number of allylic oxidation sites excluding steroid dienone is 1. The molecule has 2 aromatic carbocycles. The molecule has 1 aliphatic rings. The number of guanidine groups is 1. The van der Waals surface area contributed by atoms with Crippen molar-refractivity contribution in [1.82, 2.24) is 15.3 Å². The molecule has 180 valence electrons. The van der Waals surface area contributed by atoms with Gasteiger partial charge in [0.1, 0.15) is 23.1 Å². The first-order valence-corrected chi connectivity index (χ1v) is 11.5. The molecule has 5 rings (SSSR count). The molecule has 9 nitrogen and oxygen atoms in total. The summed E-state index contributed by atoms with van der Waals surface area (Å²) in [6, 6.07) is 19.0. The van der Waals surface area contributed by atoms with Crippen LogP contribution in [-0.2, 0) is 4.79 Å². The molecule has 1 amide bonds. The molecule has 0 saturated carbocycles. The Morgan fingerprint density at radius 2 is 1.78 bits per heavy atom. The highest BCUT2D eigenvalue weighted by Gasteiger charge is 2.31. The zero-order chi connectivity index (χ0) is 25.2. The van der Waals surface area contributed by atoms with Gasteiger partial charge in [0, 0.05) is 23.2 Å². The Balaban J connectivity index is 1.48. The molecule has 0 aliphatic carbocycles. The van der Waals surface area contributed by atoms with Crippen molar-refractivity contribution in [1.29, 1.82) is 0 Å². The van der Waals surface area contributed by atoms with E-state index in [1.807, 2.05) is 42.5 Å². The monoisotopic (exact) mass is 500 g/mol. The number of aliphatic imine (C=N–C) groups is 1. The lowest BCUT2D eigenvalue weighted by molar-refractivity contribution is -0.113. The lowest BCUT2D eigenvalue weighted by Crippen LogP contribution is -2.37. The van der Waals surface area contributed by atoms with E-state index in [2.05, 4.69) is 25.9 Å². The second-order valence-corrected chi connectivity index (χ2v) is 8.50. The first kappa shape index (κ1) is 23.3. The van der Waals surface area contributed by atoms with Crippen molar-refractivity contribution in [3.63, 3.8) is 0 Å². The predicted molar refractivity (Wildman–Crippen MR) is 138 cm³/mol. The molecular weight excluding hydrogens is 480 g/mol. The van der Waals surface area contributed by atoms with Crippen LogP contribution in [0.3, 0.4) is 0 Å². The minimum atomic E-state index is -0.734. The number of nitrogens with one attached hydrogen (secondary N) is 3. The Bertz CT molecular complexity index is 1530. The summed E-state index contributed by atoms with van der Waals surface area (Å²) in [5.41, 5.74) is 3.13. The van der Waals surface area contributed by atoms with Crippen LogP contribution in [0.4, 0.5) is 11.8 Å². The normalized spacial score (nSPS) is 15.3. The fourth-order valence-corrected chi connectivity index (χ4v) is 4.11. The van der Waals surface area contributed by atoms with Crippen LogP contribution >= 0.6 is 11.6 Å². The highest BCUT2D eigenvalue weighted by atomic mass is 35.5. The second-order valence-electron chi connectivity index (χ2n) is 8.10. The van der Waals surface area contributed by atoms with E-state index in [0.717, 1.165) is 0 Å². The number of ketones is 1. The van der Waals surface area contributed by atoms with Gasteiger partial charge in [0.2, 0.25) is 5.96 Å². The van der Waals surface area contributed by atoms with Crippen molar-refractivity contribution in [3.05, 3.63) is 94.3 Å². The molecule has 1 unspecified atom stereocenters. The third kappa shape index (κ3) is 4.69. The molecule has 1 aliphatic heterocycles. The van der Waals surface area contributed by atoms with Gasteiger partial charge in [-0.1, -0.05) is 48.0 Å². The Morgan fingerprint density at radius 1 is 1.00 bits per heavy atom. The molecule has 0 saturated heterocycles. The largest absolute Gasteiger partial charge is 0.423 e. The number of fused-ring (bicyclic) bond motifs is 1. The van der Waals surface area contributed by atoms with E-state index in [1.165, 1.54) is 6.92 Å². The Labute approximate surface area is 211 Å². The van der Waals surface area contributed by atoms with E-state index in [9.17, 15) is 9.59 Å². The summed E-state index contributed by atoms with van der Waals surface area (Å²) in [6.45, 7) is 3.18. The maximum atomic E-state index is 13.4. The molecular formula is C26H21ClN6O3. The van der Waals surface area contributed by atoms with Crippen LogP contribution < -0.4 is 16.0 Å². The number of amides is 1. The van der Waals surface area contributed by atoms with E-state index in [-0.39, 0.29) is 23.3 Å². The fourth-order valence-electron chi connectivity index (χ4n) is 3.87. The van der Waals surface area contributed by atoms with Gasteiger partial charge in [-0.2, -0.15) is 4.98 Å². The average Bonchev–Trinajstić information content (AvgIpc) is 3.26. The summed E-state index contributed by atoms with van der Waals surface area (Å²) in [5.74, 6) is -0.0282. The smallest absolute Gasteiger partial charge is 0.302 e. The summed E-state index contributed by atoms with van der Waals surface area (Å²) in [7, 11) is 0. The van der Waals surface area contributed by atoms with Crippen molar-refractivity contribution in [3.8, 4) is 0 Å². The van der Waals surface area contributed by atoms with Crippen LogP contribution in [0.25, 0.3) is 11.1 Å². The highest BCUT2D eigenvalue weighted by molar-refractivity contribution is 6.31. The maximum Gasteiger partial charge on any atom is 0.302 e. The van der Waals surface area contributed by atoms with Gasteiger partial charge in [0.05, 0.1) is 5.57 Å². The molecule has 4 aromatic rings. The van der Waals surface area contributed by atoms with E-state index in [1.54, 1.807) is 31.2 Å². The standard InChI is InChI=1S/C26H21ClN6O3/c1-14-22(24(35)31-21-13-7-11-18(29-21)15(2)34)23(16-8-3-4-9-17(16)27)32-25(28-14)33-26-30-19-10-5-6-12-20(19)36-26/h3-13,23H,1-2H3,(H,29,31,35)(H2,28,30,32,33). The zero-order valence-corrected chi connectivity index (χ0v) is 20.1. The van der Waals surface area contributed by atoms with Crippen molar-refractivity contribution in [2.24, 2.45) is 4.99 Å². The van der Waals surface area contributed by atoms with Crippen LogP contribution in [-0.4, -0.2) is 27.6 Å². The predicted octanol–water partition coefficient (Wildman–Crippen LogP) is 5.10. The highest BCUT2D eigenvalue weighted by Crippen LogP contribution is 2.35. The number of para-hydroxylation sites is 2. The van der Waals surface area contributed by atoms with E-state index in [0.29, 0.717) is 38.9 Å². The third-order valence-electron chi connectivity index (χ3n) is 5.56. The van der Waals surface area contributed by atoms with E-state index < -0.39 is 11.9 Å². The summed E-state index contributed by atoms with van der Waals surface area (Å²) < 4.78 is 5.75. The number of aromatic nitrogens is 2. The van der Waals surface area contributed by atoms with Crippen molar-refractivity contribution < 1.29 is 14.0 Å². The van der Waals surface area contributed by atoms with E-state index >= 15 is 0 Å². The van der Waals surface area contributed by atoms with Crippen molar-refractivity contribution in [2.75, 3.05) is 10.6 Å². The summed E-state index contributed by atoms with van der Waals surface area (Å²) >= 11 is 6.51. The lowest BCUT2D eigenvalue weighted by atomic mass is 9.95. The van der Waals surface area contributed by atoms with Gasteiger partial charge in [0.25, 0.3) is 5.91 Å². The van der Waals surface area contributed by atoms with Gasteiger partial charge in [-0.25, -0.2) is 9.98 Å². The maximum absolute atomic E-state index is 13.4. The minimum absolute atomic E-state index is 0.200. The van der Waals surface area contributed by atoms with E-state index in [4.69, 9.17) is 21.0 Å². The Hall–Kier alpha value is -4.50. The van der Waals surface area contributed by atoms with Gasteiger partial charge in [-0.3, -0.25) is 14.9 Å². The molecule has 1 atom stereocenters. The number of anilines is 2. The van der Waals surface area contributed by atoms with Gasteiger partial charge >= 0.3 is 6.01 Å². The third-order valence-corrected chi connectivity index (χ3v) is 5.90. The van der Waals surface area contributed by atoms with Crippen LogP contribution in [0, 0.1) is 0 Å². The van der Waals surface area contributed by atoms with Crippen molar-refractivity contribution in [2.45, 2.75) is 19.9 Å². The summed E-state index contributed by atoms with van der Waals surface area (Å²) in [5, 5.41) is 9.40. The molecule has 10 heteroatoms.